The van der Waals surface area contributed by atoms with E-state index in [0.717, 1.165) is 38.0 Å². The quantitative estimate of drug-likeness (QED) is 0.754. The topological polar surface area (TPSA) is 55.9 Å². The molecule has 0 unspecified atom stereocenters. The van der Waals surface area contributed by atoms with Gasteiger partial charge < -0.3 is 10.2 Å². The average Bonchev–Trinajstić information content (AvgIpc) is 3.08. The zero-order valence-corrected chi connectivity index (χ0v) is 17.7. The van der Waals surface area contributed by atoms with E-state index in [2.05, 4.69) is 22.2 Å². The Kier molecular flexibility index (Phi) is 7.24. The number of carbonyl (C=O) groups is 2. The maximum Gasteiger partial charge on any atom is 0.239 e. The third-order valence-electron chi connectivity index (χ3n) is 6.46. The van der Waals surface area contributed by atoms with E-state index in [-0.39, 0.29) is 35.8 Å². The molecule has 7 heteroatoms. The highest BCUT2D eigenvalue weighted by atomic mass is 19.1. The average molecular weight is 405 g/mol. The number of likely N-dealkylation sites (N-methyl/N-ethyl adjacent to an activating group) is 1. The number of nitrogens with zero attached hydrogens (tertiary/aromatic N) is 3. The van der Waals surface area contributed by atoms with Gasteiger partial charge in [0.25, 0.3) is 0 Å². The van der Waals surface area contributed by atoms with E-state index < -0.39 is 0 Å². The molecule has 2 amide bonds. The first-order chi connectivity index (χ1) is 13.9. The van der Waals surface area contributed by atoms with Gasteiger partial charge in [0, 0.05) is 51.2 Å². The highest BCUT2D eigenvalue weighted by Crippen LogP contribution is 2.28. The second-order valence-corrected chi connectivity index (χ2v) is 8.07. The lowest BCUT2D eigenvalue weighted by molar-refractivity contribution is -0.131. The van der Waals surface area contributed by atoms with Crippen molar-refractivity contribution in [2.75, 3.05) is 33.2 Å². The number of carbonyl (C=O) groups excluding carboxylic acids is 2. The normalized spacial score (nSPS) is 25.4. The van der Waals surface area contributed by atoms with E-state index in [4.69, 9.17) is 0 Å². The van der Waals surface area contributed by atoms with Gasteiger partial charge in [-0.3, -0.25) is 19.4 Å². The van der Waals surface area contributed by atoms with E-state index >= 15 is 0 Å². The van der Waals surface area contributed by atoms with Crippen molar-refractivity contribution in [1.29, 1.82) is 0 Å². The molecule has 0 aliphatic carbocycles. The van der Waals surface area contributed by atoms with Crippen LogP contribution < -0.4 is 5.32 Å². The third-order valence-corrected chi connectivity index (χ3v) is 6.46. The first-order valence-corrected chi connectivity index (χ1v) is 10.7. The SMILES string of the molecule is CCN(CC)C(=O)CC[C@H]1CNC(=O)[C@@H]2[C@@H](CCN2Cc2ccc(F)cc2)N1C. The maximum absolute atomic E-state index is 13.2. The summed E-state index contributed by atoms with van der Waals surface area (Å²) < 4.78 is 13.2. The smallest absolute Gasteiger partial charge is 0.239 e. The molecule has 1 aromatic rings. The summed E-state index contributed by atoms with van der Waals surface area (Å²) in [6.07, 6.45) is 2.16. The minimum Gasteiger partial charge on any atom is -0.353 e. The molecular formula is C22H33FN4O2. The second kappa shape index (κ2) is 9.67. The Morgan fingerprint density at radius 2 is 1.93 bits per heavy atom. The van der Waals surface area contributed by atoms with Gasteiger partial charge in [-0.1, -0.05) is 12.1 Å². The molecule has 1 aromatic carbocycles. The molecule has 2 aliphatic rings. The Balaban J connectivity index is 1.64. The molecular weight excluding hydrogens is 371 g/mol. The van der Waals surface area contributed by atoms with E-state index in [0.29, 0.717) is 19.5 Å². The molecule has 0 saturated carbocycles. The van der Waals surface area contributed by atoms with Gasteiger partial charge in [-0.05, 0) is 51.4 Å². The monoisotopic (exact) mass is 404 g/mol. The molecule has 2 heterocycles. The predicted molar refractivity (Wildman–Crippen MR) is 111 cm³/mol. The second-order valence-electron chi connectivity index (χ2n) is 8.07. The summed E-state index contributed by atoms with van der Waals surface area (Å²) in [5.74, 6) is -0.0130. The first kappa shape index (κ1) is 21.7. The molecule has 2 aliphatic heterocycles. The predicted octanol–water partition coefficient (Wildman–Crippen LogP) is 1.85. The largest absolute Gasteiger partial charge is 0.353 e. The Morgan fingerprint density at radius 3 is 2.59 bits per heavy atom. The van der Waals surface area contributed by atoms with Crippen molar-refractivity contribution in [3.8, 4) is 0 Å². The van der Waals surface area contributed by atoms with Crippen LogP contribution in [0.4, 0.5) is 4.39 Å². The summed E-state index contributed by atoms with van der Waals surface area (Å²) in [5, 5.41) is 3.10. The molecule has 0 bridgehead atoms. The number of likely N-dealkylation sites (tertiary alicyclic amines) is 1. The first-order valence-electron chi connectivity index (χ1n) is 10.7. The lowest BCUT2D eigenvalue weighted by atomic mass is 10.0. The van der Waals surface area contributed by atoms with Crippen molar-refractivity contribution >= 4 is 11.8 Å². The molecule has 0 radical (unpaired) electrons. The van der Waals surface area contributed by atoms with Crippen LogP contribution in [-0.2, 0) is 16.1 Å². The third kappa shape index (κ3) is 4.95. The Hall–Kier alpha value is -1.99. The highest BCUT2D eigenvalue weighted by molar-refractivity contribution is 5.83. The summed E-state index contributed by atoms with van der Waals surface area (Å²) in [6, 6.07) is 6.56. The number of hydrogen-bond acceptors (Lipinski definition) is 4. The molecule has 0 aromatic heterocycles. The highest BCUT2D eigenvalue weighted by Gasteiger charge is 2.44. The lowest BCUT2D eigenvalue weighted by Gasteiger charge is -2.33. The fourth-order valence-electron chi connectivity index (χ4n) is 4.68. The van der Waals surface area contributed by atoms with Crippen LogP contribution in [0.1, 0.15) is 38.7 Å². The fraction of sp³-hybridized carbons (Fsp3) is 0.636. The van der Waals surface area contributed by atoms with Crippen LogP contribution in [-0.4, -0.2) is 77.9 Å². The summed E-state index contributed by atoms with van der Waals surface area (Å²) in [7, 11) is 2.08. The Morgan fingerprint density at radius 1 is 1.24 bits per heavy atom. The lowest BCUT2D eigenvalue weighted by Crippen LogP contribution is -2.49. The molecule has 6 nitrogen and oxygen atoms in total. The van der Waals surface area contributed by atoms with Crippen LogP contribution in [0.3, 0.4) is 0 Å². The number of rotatable bonds is 7. The van der Waals surface area contributed by atoms with Crippen molar-refractivity contribution in [3.05, 3.63) is 35.6 Å². The van der Waals surface area contributed by atoms with Gasteiger partial charge in [0.05, 0.1) is 0 Å². The van der Waals surface area contributed by atoms with E-state index in [9.17, 15) is 14.0 Å². The summed E-state index contributed by atoms with van der Waals surface area (Å²) in [5.41, 5.74) is 1.01. The fourth-order valence-corrected chi connectivity index (χ4v) is 4.68. The van der Waals surface area contributed by atoms with E-state index in [1.807, 2.05) is 18.7 Å². The zero-order valence-electron chi connectivity index (χ0n) is 17.7. The number of nitrogens with one attached hydrogen (secondary N) is 1. The molecule has 2 saturated heterocycles. The maximum atomic E-state index is 13.2. The van der Waals surface area contributed by atoms with Gasteiger partial charge in [0.15, 0.2) is 0 Å². The van der Waals surface area contributed by atoms with Gasteiger partial charge in [0.2, 0.25) is 11.8 Å². The molecule has 29 heavy (non-hydrogen) atoms. The van der Waals surface area contributed by atoms with Crippen LogP contribution in [0.15, 0.2) is 24.3 Å². The summed E-state index contributed by atoms with van der Waals surface area (Å²) in [6.45, 7) is 7.49. The number of halogens is 1. The minimum absolute atomic E-state index is 0.0547. The minimum atomic E-state index is -0.248. The van der Waals surface area contributed by atoms with Crippen molar-refractivity contribution in [2.45, 2.75) is 57.8 Å². The van der Waals surface area contributed by atoms with Crippen molar-refractivity contribution in [3.63, 3.8) is 0 Å². The van der Waals surface area contributed by atoms with E-state index in [1.54, 1.807) is 12.1 Å². The Labute approximate surface area is 173 Å². The van der Waals surface area contributed by atoms with Crippen LogP contribution in [0.5, 0.6) is 0 Å². The number of fused-ring (bicyclic) bond motifs is 1. The number of hydrogen-bond donors (Lipinski definition) is 1. The van der Waals surface area contributed by atoms with Crippen molar-refractivity contribution in [2.24, 2.45) is 0 Å². The van der Waals surface area contributed by atoms with Crippen LogP contribution in [0.2, 0.25) is 0 Å². The van der Waals surface area contributed by atoms with Crippen molar-refractivity contribution in [1.82, 2.24) is 20.0 Å². The van der Waals surface area contributed by atoms with Crippen LogP contribution in [0.25, 0.3) is 0 Å². The van der Waals surface area contributed by atoms with Gasteiger partial charge >= 0.3 is 0 Å². The molecule has 2 fully saturated rings. The molecule has 3 rings (SSSR count). The molecule has 3 atom stereocenters. The number of benzene rings is 1. The number of amides is 2. The zero-order chi connectivity index (χ0) is 21.0. The van der Waals surface area contributed by atoms with Gasteiger partial charge in [0.1, 0.15) is 11.9 Å². The standard InChI is InChI=1S/C22H33FN4O2/c1-4-26(5-2)20(28)11-10-18-14-24-22(29)21-19(25(18)3)12-13-27(21)15-16-6-8-17(23)9-7-16/h6-9,18-19,21H,4-5,10-15H2,1-3H3,(H,24,29)/t18-,19+,21-/m0/s1. The van der Waals surface area contributed by atoms with Crippen molar-refractivity contribution < 1.29 is 14.0 Å². The summed E-state index contributed by atoms with van der Waals surface area (Å²) >= 11 is 0. The Bertz CT molecular complexity index is 707. The van der Waals surface area contributed by atoms with Crippen LogP contribution >= 0.6 is 0 Å². The molecule has 0 spiro atoms. The van der Waals surface area contributed by atoms with Gasteiger partial charge in [-0.15, -0.1) is 0 Å². The van der Waals surface area contributed by atoms with E-state index in [1.165, 1.54) is 12.1 Å². The molecule has 1 N–H and O–H groups in total. The summed E-state index contributed by atoms with van der Waals surface area (Å²) in [4.78, 5) is 31.6. The van der Waals surface area contributed by atoms with Gasteiger partial charge in [-0.2, -0.15) is 0 Å². The van der Waals surface area contributed by atoms with Crippen LogP contribution in [0, 0.1) is 5.82 Å². The van der Waals surface area contributed by atoms with Gasteiger partial charge in [-0.25, -0.2) is 4.39 Å². The molecule has 160 valence electrons.